The SMILES string of the molecule is Cc1ccc(NS(=O)(=O)c2c(Cl)cccc2-c2ccc(C=O)o2)c(C)c1. The van der Waals surface area contributed by atoms with Gasteiger partial charge in [0.1, 0.15) is 10.7 Å². The molecule has 1 aromatic heterocycles. The van der Waals surface area contributed by atoms with Gasteiger partial charge in [0, 0.05) is 5.56 Å². The molecule has 0 radical (unpaired) electrons. The van der Waals surface area contributed by atoms with E-state index in [1.54, 1.807) is 18.2 Å². The summed E-state index contributed by atoms with van der Waals surface area (Å²) in [5, 5.41) is 0.0591. The molecule has 0 saturated carbocycles. The van der Waals surface area contributed by atoms with Gasteiger partial charge in [-0.15, -0.1) is 0 Å². The molecule has 3 aromatic rings. The molecule has 0 aliphatic carbocycles. The fraction of sp³-hybridized carbons (Fsp3) is 0.105. The van der Waals surface area contributed by atoms with Gasteiger partial charge in [-0.25, -0.2) is 8.42 Å². The van der Waals surface area contributed by atoms with Crippen LogP contribution in [0.3, 0.4) is 0 Å². The lowest BCUT2D eigenvalue weighted by Crippen LogP contribution is -2.15. The molecule has 0 fully saturated rings. The quantitative estimate of drug-likeness (QED) is 0.634. The highest BCUT2D eigenvalue weighted by molar-refractivity contribution is 7.93. The molecule has 0 spiro atoms. The van der Waals surface area contributed by atoms with Crippen molar-refractivity contribution >= 4 is 33.6 Å². The number of aryl methyl sites for hydroxylation is 2. The summed E-state index contributed by atoms with van der Waals surface area (Å²) in [6, 6.07) is 13.1. The standard InChI is InChI=1S/C19H16ClNO4S/c1-12-6-8-17(13(2)10-12)21-26(23,24)19-15(4-3-5-16(19)20)18-9-7-14(11-22)25-18/h3-11,21H,1-2H3. The van der Waals surface area contributed by atoms with E-state index in [2.05, 4.69) is 4.72 Å². The molecule has 0 saturated heterocycles. The lowest BCUT2D eigenvalue weighted by molar-refractivity contribution is 0.110. The Morgan fingerprint density at radius 1 is 1.08 bits per heavy atom. The van der Waals surface area contributed by atoms with Crippen LogP contribution in [0.2, 0.25) is 5.02 Å². The largest absolute Gasteiger partial charge is 0.453 e. The Morgan fingerprint density at radius 2 is 1.85 bits per heavy atom. The van der Waals surface area contributed by atoms with Crippen LogP contribution in [0.5, 0.6) is 0 Å². The first kappa shape index (κ1) is 18.2. The molecular weight excluding hydrogens is 374 g/mol. The summed E-state index contributed by atoms with van der Waals surface area (Å²) in [5.41, 5.74) is 2.57. The van der Waals surface area contributed by atoms with Crippen LogP contribution in [0, 0.1) is 13.8 Å². The third-order valence-corrected chi connectivity index (χ3v) is 5.76. The topological polar surface area (TPSA) is 76.4 Å². The van der Waals surface area contributed by atoms with Gasteiger partial charge in [-0.2, -0.15) is 0 Å². The zero-order valence-electron chi connectivity index (χ0n) is 14.1. The Bertz CT molecular complexity index is 1090. The number of sulfonamides is 1. The average Bonchev–Trinajstić information content (AvgIpc) is 3.06. The molecule has 1 N–H and O–H groups in total. The minimum Gasteiger partial charge on any atom is -0.453 e. The Labute approximate surface area is 156 Å². The molecule has 5 nitrogen and oxygen atoms in total. The van der Waals surface area contributed by atoms with E-state index in [4.69, 9.17) is 16.0 Å². The van der Waals surface area contributed by atoms with Gasteiger partial charge in [-0.1, -0.05) is 35.4 Å². The van der Waals surface area contributed by atoms with Crippen molar-refractivity contribution in [3.05, 3.63) is 70.4 Å². The third kappa shape index (κ3) is 3.52. The second kappa shape index (κ2) is 6.97. The van der Waals surface area contributed by atoms with Crippen molar-refractivity contribution in [1.82, 2.24) is 0 Å². The lowest BCUT2D eigenvalue weighted by atomic mass is 10.1. The molecular formula is C19H16ClNO4S. The van der Waals surface area contributed by atoms with E-state index in [9.17, 15) is 13.2 Å². The first-order valence-corrected chi connectivity index (χ1v) is 9.62. The fourth-order valence-electron chi connectivity index (χ4n) is 2.66. The molecule has 0 aliphatic rings. The number of carbonyl (C=O) groups is 1. The molecule has 0 unspecified atom stereocenters. The molecule has 0 amide bonds. The van der Waals surface area contributed by atoms with Crippen molar-refractivity contribution < 1.29 is 17.6 Å². The van der Waals surface area contributed by atoms with Crippen LogP contribution in [-0.4, -0.2) is 14.7 Å². The number of carbonyl (C=O) groups excluding carboxylic acids is 1. The normalized spacial score (nSPS) is 11.3. The summed E-state index contributed by atoms with van der Waals surface area (Å²) in [4.78, 5) is 10.8. The molecule has 0 aliphatic heterocycles. The Kier molecular flexibility index (Phi) is 4.89. The van der Waals surface area contributed by atoms with Crippen LogP contribution >= 0.6 is 11.6 Å². The fourth-order valence-corrected chi connectivity index (χ4v) is 4.54. The highest BCUT2D eigenvalue weighted by Gasteiger charge is 2.25. The summed E-state index contributed by atoms with van der Waals surface area (Å²) >= 11 is 6.21. The number of benzene rings is 2. The average molecular weight is 390 g/mol. The zero-order valence-corrected chi connectivity index (χ0v) is 15.7. The van der Waals surface area contributed by atoms with Gasteiger partial charge in [0.25, 0.3) is 10.0 Å². The van der Waals surface area contributed by atoms with Crippen molar-refractivity contribution in [1.29, 1.82) is 0 Å². The monoisotopic (exact) mass is 389 g/mol. The maximum atomic E-state index is 13.0. The molecule has 2 aromatic carbocycles. The number of aldehydes is 1. The van der Waals surface area contributed by atoms with Crippen LogP contribution in [0.15, 0.2) is 57.8 Å². The van der Waals surface area contributed by atoms with Gasteiger partial charge in [-0.05, 0) is 49.7 Å². The zero-order chi connectivity index (χ0) is 18.9. The summed E-state index contributed by atoms with van der Waals surface area (Å²) in [6.45, 7) is 3.75. The lowest BCUT2D eigenvalue weighted by Gasteiger charge is -2.14. The van der Waals surface area contributed by atoms with Crippen molar-refractivity contribution in [2.75, 3.05) is 4.72 Å². The maximum absolute atomic E-state index is 13.0. The number of rotatable bonds is 5. The van der Waals surface area contributed by atoms with Crippen LogP contribution in [0.25, 0.3) is 11.3 Å². The minimum atomic E-state index is -3.99. The van der Waals surface area contributed by atoms with Crippen LogP contribution < -0.4 is 4.72 Å². The number of halogens is 1. The molecule has 134 valence electrons. The Hall–Kier alpha value is -2.57. The number of hydrogen-bond donors (Lipinski definition) is 1. The number of furan rings is 1. The number of anilines is 1. The van der Waals surface area contributed by atoms with Gasteiger partial charge in [0.2, 0.25) is 0 Å². The third-order valence-electron chi connectivity index (χ3n) is 3.87. The predicted molar refractivity (Wildman–Crippen MR) is 101 cm³/mol. The second-order valence-electron chi connectivity index (χ2n) is 5.86. The summed E-state index contributed by atoms with van der Waals surface area (Å²) in [5.74, 6) is 0.348. The molecule has 3 rings (SSSR count). The maximum Gasteiger partial charge on any atom is 0.264 e. The van der Waals surface area contributed by atoms with Crippen molar-refractivity contribution in [2.45, 2.75) is 18.7 Å². The summed E-state index contributed by atoms with van der Waals surface area (Å²) in [7, 11) is -3.99. The van der Waals surface area contributed by atoms with E-state index in [0.717, 1.165) is 11.1 Å². The van der Waals surface area contributed by atoms with E-state index in [1.165, 1.54) is 18.2 Å². The van der Waals surface area contributed by atoms with E-state index in [1.807, 2.05) is 26.0 Å². The first-order valence-electron chi connectivity index (χ1n) is 7.76. The van der Waals surface area contributed by atoms with Gasteiger partial charge >= 0.3 is 0 Å². The van der Waals surface area contributed by atoms with Gasteiger partial charge in [0.05, 0.1) is 10.7 Å². The Morgan fingerprint density at radius 3 is 2.50 bits per heavy atom. The van der Waals surface area contributed by atoms with Crippen molar-refractivity contribution in [2.24, 2.45) is 0 Å². The predicted octanol–water partition coefficient (Wildman–Crippen LogP) is 4.83. The van der Waals surface area contributed by atoms with Gasteiger partial charge in [0.15, 0.2) is 12.0 Å². The van der Waals surface area contributed by atoms with Gasteiger partial charge in [-0.3, -0.25) is 9.52 Å². The molecule has 7 heteroatoms. The molecule has 0 bridgehead atoms. The number of hydrogen-bond acceptors (Lipinski definition) is 4. The second-order valence-corrected chi connectivity index (χ2v) is 7.89. The summed E-state index contributed by atoms with van der Waals surface area (Å²) < 4.78 is 34.0. The van der Waals surface area contributed by atoms with Gasteiger partial charge < -0.3 is 4.42 Å². The Balaban J connectivity index is 2.11. The van der Waals surface area contributed by atoms with E-state index >= 15 is 0 Å². The first-order chi connectivity index (χ1) is 12.3. The van der Waals surface area contributed by atoms with Crippen molar-refractivity contribution in [3.63, 3.8) is 0 Å². The summed E-state index contributed by atoms with van der Waals surface area (Å²) in [6.07, 6.45) is 0.552. The van der Waals surface area contributed by atoms with Crippen LogP contribution in [-0.2, 0) is 10.0 Å². The highest BCUT2D eigenvalue weighted by atomic mass is 35.5. The van der Waals surface area contributed by atoms with E-state index in [-0.39, 0.29) is 27.0 Å². The highest BCUT2D eigenvalue weighted by Crippen LogP contribution is 2.35. The van der Waals surface area contributed by atoms with E-state index in [0.29, 0.717) is 12.0 Å². The van der Waals surface area contributed by atoms with Crippen LogP contribution in [0.1, 0.15) is 21.7 Å². The number of nitrogens with one attached hydrogen (secondary N) is 1. The smallest absolute Gasteiger partial charge is 0.264 e. The van der Waals surface area contributed by atoms with Crippen LogP contribution in [0.4, 0.5) is 5.69 Å². The van der Waals surface area contributed by atoms with Crippen molar-refractivity contribution in [3.8, 4) is 11.3 Å². The van der Waals surface area contributed by atoms with E-state index < -0.39 is 10.0 Å². The minimum absolute atomic E-state index is 0.0591. The molecule has 26 heavy (non-hydrogen) atoms. The molecule has 0 atom stereocenters. The molecule has 1 heterocycles.